The first-order valence-corrected chi connectivity index (χ1v) is 4.95. The number of hydrogen-bond acceptors (Lipinski definition) is 5. The third-order valence-electron chi connectivity index (χ3n) is 1.74. The Hall–Kier alpha value is -1.69. The number of aromatic carboxylic acids is 1. The molecule has 1 unspecified atom stereocenters. The van der Waals surface area contributed by atoms with Crippen LogP contribution >= 0.6 is 0 Å². The summed E-state index contributed by atoms with van der Waals surface area (Å²) < 4.78 is 10.5. The molecule has 1 aromatic heterocycles. The molecule has 0 fully saturated rings. The molecule has 6 nitrogen and oxygen atoms in total. The average Bonchev–Trinajstić information content (AvgIpc) is 2.27. The predicted octanol–water partition coefficient (Wildman–Crippen LogP) is 0.979. The van der Waals surface area contributed by atoms with E-state index in [1.165, 1.54) is 12.1 Å². The zero-order chi connectivity index (χ0) is 12.0. The molecule has 0 amide bonds. The van der Waals surface area contributed by atoms with Crippen LogP contribution in [-0.4, -0.2) is 40.6 Å². The summed E-state index contributed by atoms with van der Waals surface area (Å²) in [4.78, 5) is 10.5. The molecule has 88 valence electrons. The van der Waals surface area contributed by atoms with Crippen LogP contribution in [0.3, 0.4) is 0 Å². The number of ether oxygens (including phenoxy) is 2. The van der Waals surface area contributed by atoms with E-state index in [1.807, 2.05) is 13.8 Å². The van der Waals surface area contributed by atoms with Gasteiger partial charge in [-0.3, -0.25) is 0 Å². The average molecular weight is 226 g/mol. The minimum atomic E-state index is -1.11. The molecule has 0 bridgehead atoms. The number of carboxylic acid groups (broad SMARTS) is 1. The van der Waals surface area contributed by atoms with Crippen molar-refractivity contribution in [1.29, 1.82) is 0 Å². The van der Waals surface area contributed by atoms with E-state index in [0.29, 0.717) is 13.2 Å². The zero-order valence-corrected chi connectivity index (χ0v) is 9.21. The van der Waals surface area contributed by atoms with Gasteiger partial charge in [-0.1, -0.05) is 0 Å². The van der Waals surface area contributed by atoms with Gasteiger partial charge in [-0.2, -0.15) is 0 Å². The second-order valence-corrected chi connectivity index (χ2v) is 3.15. The molecule has 1 atom stereocenters. The third kappa shape index (κ3) is 3.82. The first-order chi connectivity index (χ1) is 7.63. The van der Waals surface area contributed by atoms with Crippen molar-refractivity contribution in [2.24, 2.45) is 0 Å². The summed E-state index contributed by atoms with van der Waals surface area (Å²) in [5, 5.41) is 15.7. The molecular weight excluding hydrogens is 212 g/mol. The summed E-state index contributed by atoms with van der Waals surface area (Å²) in [6.45, 7) is 4.81. The van der Waals surface area contributed by atoms with Crippen LogP contribution in [0.15, 0.2) is 12.1 Å². The highest BCUT2D eigenvalue weighted by Crippen LogP contribution is 2.07. The Balaban J connectivity index is 2.51. The molecule has 0 aromatic carbocycles. The van der Waals surface area contributed by atoms with Gasteiger partial charge < -0.3 is 14.6 Å². The maximum atomic E-state index is 10.5. The van der Waals surface area contributed by atoms with Crippen molar-refractivity contribution in [3.8, 4) is 5.88 Å². The fourth-order valence-electron chi connectivity index (χ4n) is 1.02. The molecule has 0 aliphatic carbocycles. The van der Waals surface area contributed by atoms with Crippen LogP contribution in [0.2, 0.25) is 0 Å². The molecule has 0 aliphatic rings. The quantitative estimate of drug-likeness (QED) is 0.778. The Labute approximate surface area is 93.2 Å². The highest BCUT2D eigenvalue weighted by Gasteiger charge is 2.08. The summed E-state index contributed by atoms with van der Waals surface area (Å²) >= 11 is 0. The molecule has 1 heterocycles. The van der Waals surface area contributed by atoms with Gasteiger partial charge in [0, 0.05) is 12.7 Å². The predicted molar refractivity (Wildman–Crippen MR) is 55.6 cm³/mol. The number of nitrogens with zero attached hydrogens (tertiary/aromatic N) is 2. The summed E-state index contributed by atoms with van der Waals surface area (Å²) in [5.74, 6) is -0.821. The van der Waals surface area contributed by atoms with Gasteiger partial charge in [0.25, 0.3) is 0 Å². The van der Waals surface area contributed by atoms with Crippen molar-refractivity contribution in [2.45, 2.75) is 20.0 Å². The molecule has 16 heavy (non-hydrogen) atoms. The fourth-order valence-corrected chi connectivity index (χ4v) is 1.02. The van der Waals surface area contributed by atoms with Crippen molar-refractivity contribution in [2.75, 3.05) is 13.2 Å². The van der Waals surface area contributed by atoms with E-state index in [9.17, 15) is 4.79 Å². The second-order valence-electron chi connectivity index (χ2n) is 3.15. The van der Waals surface area contributed by atoms with Gasteiger partial charge in [0.2, 0.25) is 5.88 Å². The maximum absolute atomic E-state index is 10.5. The number of rotatable bonds is 6. The largest absolute Gasteiger partial charge is 0.476 e. The summed E-state index contributed by atoms with van der Waals surface area (Å²) in [6.07, 6.45) is -0.148. The fraction of sp³-hybridized carbons (Fsp3) is 0.500. The number of aromatic nitrogens is 2. The van der Waals surface area contributed by atoms with Crippen LogP contribution in [0.5, 0.6) is 5.88 Å². The zero-order valence-electron chi connectivity index (χ0n) is 9.21. The van der Waals surface area contributed by atoms with Crippen molar-refractivity contribution in [1.82, 2.24) is 10.2 Å². The molecule has 6 heteroatoms. The van der Waals surface area contributed by atoms with E-state index in [0.717, 1.165) is 0 Å². The van der Waals surface area contributed by atoms with Gasteiger partial charge in [-0.25, -0.2) is 4.79 Å². The lowest BCUT2D eigenvalue weighted by molar-refractivity contribution is 0.0623. The Morgan fingerprint density at radius 2 is 2.25 bits per heavy atom. The first-order valence-electron chi connectivity index (χ1n) is 4.95. The van der Waals surface area contributed by atoms with Gasteiger partial charge in [0.1, 0.15) is 6.10 Å². The second kappa shape index (κ2) is 6.02. The minimum absolute atomic E-state index is 0.107. The van der Waals surface area contributed by atoms with E-state index >= 15 is 0 Å². The van der Waals surface area contributed by atoms with Crippen molar-refractivity contribution >= 4 is 5.97 Å². The molecule has 0 saturated heterocycles. The molecule has 1 rings (SSSR count). The Kier molecular flexibility index (Phi) is 4.65. The third-order valence-corrected chi connectivity index (χ3v) is 1.74. The van der Waals surface area contributed by atoms with E-state index < -0.39 is 5.97 Å². The van der Waals surface area contributed by atoms with Crippen LogP contribution in [0.25, 0.3) is 0 Å². The topological polar surface area (TPSA) is 81.5 Å². The van der Waals surface area contributed by atoms with Crippen molar-refractivity contribution in [3.63, 3.8) is 0 Å². The van der Waals surface area contributed by atoms with Gasteiger partial charge >= 0.3 is 5.97 Å². The lowest BCUT2D eigenvalue weighted by atomic mass is 10.4. The van der Waals surface area contributed by atoms with E-state index in [-0.39, 0.29) is 17.7 Å². The molecule has 1 aromatic rings. The summed E-state index contributed by atoms with van der Waals surface area (Å²) in [7, 11) is 0. The van der Waals surface area contributed by atoms with Crippen LogP contribution in [0.4, 0.5) is 0 Å². The Morgan fingerprint density at radius 3 is 2.75 bits per heavy atom. The number of carbonyl (C=O) groups is 1. The van der Waals surface area contributed by atoms with Crippen LogP contribution < -0.4 is 4.74 Å². The normalized spacial score (nSPS) is 12.1. The summed E-state index contributed by atoms with van der Waals surface area (Å²) in [5.41, 5.74) is -0.107. The van der Waals surface area contributed by atoms with Gasteiger partial charge in [-0.05, 0) is 19.9 Å². The van der Waals surface area contributed by atoms with Crippen LogP contribution in [0.1, 0.15) is 24.3 Å². The molecule has 0 spiro atoms. The smallest absolute Gasteiger partial charge is 0.356 e. The van der Waals surface area contributed by atoms with E-state index in [2.05, 4.69) is 10.2 Å². The highest BCUT2D eigenvalue weighted by molar-refractivity contribution is 5.84. The lowest BCUT2D eigenvalue weighted by Gasteiger charge is -2.12. The van der Waals surface area contributed by atoms with Crippen LogP contribution in [-0.2, 0) is 4.74 Å². The van der Waals surface area contributed by atoms with Crippen molar-refractivity contribution in [3.05, 3.63) is 17.8 Å². The van der Waals surface area contributed by atoms with E-state index in [4.69, 9.17) is 14.6 Å². The summed E-state index contributed by atoms with van der Waals surface area (Å²) in [6, 6.07) is 2.82. The molecule has 0 saturated carbocycles. The SMILES string of the molecule is CCOCC(C)Oc1ccc(C(=O)O)nn1. The maximum Gasteiger partial charge on any atom is 0.356 e. The molecular formula is C10H14N2O4. The van der Waals surface area contributed by atoms with Gasteiger partial charge in [0.05, 0.1) is 6.61 Å². The van der Waals surface area contributed by atoms with Crippen molar-refractivity contribution < 1.29 is 19.4 Å². The first kappa shape index (κ1) is 12.4. The highest BCUT2D eigenvalue weighted by atomic mass is 16.5. The molecule has 1 N–H and O–H groups in total. The molecule has 0 radical (unpaired) electrons. The van der Waals surface area contributed by atoms with Gasteiger partial charge in [0.15, 0.2) is 5.69 Å². The Bertz CT molecular complexity index is 339. The monoisotopic (exact) mass is 226 g/mol. The Morgan fingerprint density at radius 1 is 1.50 bits per heavy atom. The number of carboxylic acids is 1. The minimum Gasteiger partial charge on any atom is -0.476 e. The number of hydrogen-bond donors (Lipinski definition) is 1. The van der Waals surface area contributed by atoms with E-state index in [1.54, 1.807) is 0 Å². The van der Waals surface area contributed by atoms with Crippen LogP contribution in [0, 0.1) is 0 Å². The lowest BCUT2D eigenvalue weighted by Crippen LogP contribution is -2.20. The van der Waals surface area contributed by atoms with Gasteiger partial charge in [-0.15, -0.1) is 10.2 Å². The molecule has 0 aliphatic heterocycles. The standard InChI is InChI=1S/C10H14N2O4/c1-3-15-6-7(2)16-9-5-4-8(10(13)14)11-12-9/h4-5,7H,3,6H2,1-2H3,(H,13,14).